The van der Waals surface area contributed by atoms with Gasteiger partial charge in [-0.2, -0.15) is 0 Å². The number of hydrogen-bond acceptors (Lipinski definition) is 4. The highest BCUT2D eigenvalue weighted by atomic mass is 31.2. The Bertz CT molecular complexity index is 500. The SMILES string of the molecule is O=c1ccn(CCOCP(=O)(O)O)c(=O)[nH]1. The predicted molar refractivity (Wildman–Crippen MR) is 54.2 cm³/mol. The molecule has 0 spiro atoms. The van der Waals surface area contributed by atoms with Gasteiger partial charge >= 0.3 is 13.3 Å². The molecule has 0 aliphatic heterocycles. The Balaban J connectivity index is 2.47. The van der Waals surface area contributed by atoms with Crippen molar-refractivity contribution in [1.29, 1.82) is 0 Å². The summed E-state index contributed by atoms with van der Waals surface area (Å²) in [6.07, 6.45) is 0.590. The van der Waals surface area contributed by atoms with Crippen molar-refractivity contribution >= 4 is 7.60 Å². The van der Waals surface area contributed by atoms with Crippen molar-refractivity contribution in [2.24, 2.45) is 0 Å². The molecule has 0 bridgehead atoms. The average Bonchev–Trinajstić information content (AvgIpc) is 2.13. The van der Waals surface area contributed by atoms with Crippen molar-refractivity contribution in [1.82, 2.24) is 9.55 Å². The van der Waals surface area contributed by atoms with Crippen LogP contribution in [-0.4, -0.2) is 32.3 Å². The first-order chi connectivity index (χ1) is 7.38. The van der Waals surface area contributed by atoms with E-state index in [-0.39, 0.29) is 13.2 Å². The van der Waals surface area contributed by atoms with E-state index in [9.17, 15) is 14.2 Å². The van der Waals surface area contributed by atoms with Crippen LogP contribution in [0.2, 0.25) is 0 Å². The van der Waals surface area contributed by atoms with Crippen LogP contribution < -0.4 is 11.2 Å². The van der Waals surface area contributed by atoms with E-state index in [0.29, 0.717) is 0 Å². The van der Waals surface area contributed by atoms with E-state index in [1.165, 1.54) is 16.8 Å². The van der Waals surface area contributed by atoms with Crippen molar-refractivity contribution in [2.75, 3.05) is 13.0 Å². The number of nitrogens with one attached hydrogen (secondary N) is 1. The van der Waals surface area contributed by atoms with E-state index in [2.05, 4.69) is 4.74 Å². The minimum atomic E-state index is -4.17. The first-order valence-corrected chi connectivity index (χ1v) is 6.10. The molecule has 0 atom stereocenters. The fourth-order valence-corrected chi connectivity index (χ4v) is 1.33. The number of nitrogens with zero attached hydrogens (tertiary/aromatic N) is 1. The molecule has 9 heteroatoms. The van der Waals surface area contributed by atoms with Gasteiger partial charge in [0.05, 0.1) is 13.2 Å². The van der Waals surface area contributed by atoms with Gasteiger partial charge in [-0.15, -0.1) is 0 Å². The molecule has 1 aromatic rings. The Hall–Kier alpha value is -1.21. The number of ether oxygens (including phenoxy) is 1. The van der Waals surface area contributed by atoms with E-state index < -0.39 is 25.2 Å². The van der Waals surface area contributed by atoms with E-state index in [4.69, 9.17) is 9.79 Å². The number of rotatable bonds is 5. The monoisotopic (exact) mass is 250 g/mol. The number of hydrogen-bond donors (Lipinski definition) is 3. The highest BCUT2D eigenvalue weighted by Gasteiger charge is 2.12. The zero-order chi connectivity index (χ0) is 12.2. The molecule has 1 rings (SSSR count). The van der Waals surface area contributed by atoms with Gasteiger partial charge in [0.2, 0.25) is 0 Å². The standard InChI is InChI=1S/C7H11N2O6P/c10-6-1-2-9(7(11)8-6)3-4-15-5-16(12,13)14/h1-2H,3-5H2,(H,8,10,11)(H2,12,13,14). The molecule has 0 amide bonds. The molecule has 0 aliphatic carbocycles. The van der Waals surface area contributed by atoms with Crippen LogP contribution in [0.25, 0.3) is 0 Å². The van der Waals surface area contributed by atoms with Crippen LogP contribution in [0.4, 0.5) is 0 Å². The maximum atomic E-state index is 11.1. The first-order valence-electron chi connectivity index (χ1n) is 4.30. The molecule has 0 saturated carbocycles. The van der Waals surface area contributed by atoms with Gasteiger partial charge in [0.15, 0.2) is 0 Å². The molecule has 1 aromatic heterocycles. The predicted octanol–water partition coefficient (Wildman–Crippen LogP) is -1.31. The summed E-state index contributed by atoms with van der Waals surface area (Å²) < 4.78 is 16.2. The van der Waals surface area contributed by atoms with Crippen molar-refractivity contribution in [3.63, 3.8) is 0 Å². The third kappa shape index (κ3) is 4.54. The zero-order valence-electron chi connectivity index (χ0n) is 8.20. The summed E-state index contributed by atoms with van der Waals surface area (Å²) in [6.45, 7) is 0.0761. The van der Waals surface area contributed by atoms with Crippen LogP contribution >= 0.6 is 7.60 Å². The summed E-state index contributed by atoms with van der Waals surface area (Å²) in [6, 6.07) is 1.17. The van der Waals surface area contributed by atoms with Crippen molar-refractivity contribution in [2.45, 2.75) is 6.54 Å². The summed E-state index contributed by atoms with van der Waals surface area (Å²) in [7, 11) is -4.17. The fourth-order valence-electron chi connectivity index (χ4n) is 0.967. The quantitative estimate of drug-likeness (QED) is 0.440. The molecule has 3 N–H and O–H groups in total. The van der Waals surface area contributed by atoms with Gasteiger partial charge in [0, 0.05) is 12.3 Å². The second-order valence-electron chi connectivity index (χ2n) is 3.01. The summed E-state index contributed by atoms with van der Waals surface area (Å²) >= 11 is 0. The Morgan fingerprint density at radius 1 is 1.44 bits per heavy atom. The molecular weight excluding hydrogens is 239 g/mol. The molecule has 0 fully saturated rings. The molecule has 16 heavy (non-hydrogen) atoms. The molecule has 0 radical (unpaired) electrons. The van der Waals surface area contributed by atoms with Crippen LogP contribution in [0.1, 0.15) is 0 Å². The van der Waals surface area contributed by atoms with Gasteiger partial charge in [0.1, 0.15) is 6.35 Å². The van der Waals surface area contributed by atoms with E-state index in [0.717, 1.165) is 0 Å². The smallest absolute Gasteiger partial charge is 0.350 e. The third-order valence-electron chi connectivity index (χ3n) is 1.63. The summed E-state index contributed by atoms with van der Waals surface area (Å²) in [5.74, 6) is 0. The fraction of sp³-hybridized carbons (Fsp3) is 0.429. The van der Waals surface area contributed by atoms with Crippen molar-refractivity contribution in [3.05, 3.63) is 33.1 Å². The van der Waals surface area contributed by atoms with Crippen molar-refractivity contribution < 1.29 is 19.1 Å². The van der Waals surface area contributed by atoms with Crippen LogP contribution in [0.15, 0.2) is 21.9 Å². The van der Waals surface area contributed by atoms with Gasteiger partial charge in [0.25, 0.3) is 5.56 Å². The third-order valence-corrected chi connectivity index (χ3v) is 2.15. The molecule has 90 valence electrons. The lowest BCUT2D eigenvalue weighted by Crippen LogP contribution is -2.29. The zero-order valence-corrected chi connectivity index (χ0v) is 9.09. The van der Waals surface area contributed by atoms with Gasteiger partial charge in [-0.1, -0.05) is 0 Å². The highest BCUT2D eigenvalue weighted by Crippen LogP contribution is 2.33. The van der Waals surface area contributed by atoms with Crippen LogP contribution in [0.3, 0.4) is 0 Å². The van der Waals surface area contributed by atoms with Gasteiger partial charge in [-0.25, -0.2) is 4.79 Å². The van der Waals surface area contributed by atoms with Crippen LogP contribution in [0, 0.1) is 0 Å². The average molecular weight is 250 g/mol. The minimum absolute atomic E-state index is 0.0307. The topological polar surface area (TPSA) is 122 Å². The molecule has 0 aliphatic rings. The number of aromatic amines is 1. The Morgan fingerprint density at radius 3 is 2.69 bits per heavy atom. The normalized spacial score (nSPS) is 11.6. The minimum Gasteiger partial charge on any atom is -0.367 e. The molecule has 0 saturated heterocycles. The Kier molecular flexibility index (Phi) is 4.19. The summed E-state index contributed by atoms with van der Waals surface area (Å²) in [4.78, 5) is 40.8. The lowest BCUT2D eigenvalue weighted by atomic mass is 10.6. The number of aromatic nitrogens is 2. The van der Waals surface area contributed by atoms with Gasteiger partial charge in [-0.3, -0.25) is 18.9 Å². The lowest BCUT2D eigenvalue weighted by molar-refractivity contribution is 0.147. The summed E-state index contributed by atoms with van der Waals surface area (Å²) in [5.41, 5.74) is -1.09. The highest BCUT2D eigenvalue weighted by molar-refractivity contribution is 7.51. The molecule has 0 aromatic carbocycles. The van der Waals surface area contributed by atoms with E-state index >= 15 is 0 Å². The Labute approximate surface area is 89.7 Å². The van der Waals surface area contributed by atoms with Crippen molar-refractivity contribution in [3.8, 4) is 0 Å². The first kappa shape index (κ1) is 12.9. The van der Waals surface area contributed by atoms with Gasteiger partial charge < -0.3 is 14.5 Å². The van der Waals surface area contributed by atoms with E-state index in [1.807, 2.05) is 4.98 Å². The Morgan fingerprint density at radius 2 is 2.12 bits per heavy atom. The molecular formula is C7H11N2O6P. The largest absolute Gasteiger partial charge is 0.367 e. The number of H-pyrrole nitrogens is 1. The lowest BCUT2D eigenvalue weighted by Gasteiger charge is -2.06. The second kappa shape index (κ2) is 5.22. The molecule has 1 heterocycles. The second-order valence-corrected chi connectivity index (χ2v) is 4.59. The maximum Gasteiger partial charge on any atom is 0.350 e. The molecule has 8 nitrogen and oxygen atoms in total. The maximum absolute atomic E-state index is 11.1. The molecule has 0 unspecified atom stereocenters. The van der Waals surface area contributed by atoms with Crippen LogP contribution in [-0.2, 0) is 15.8 Å². The van der Waals surface area contributed by atoms with Crippen LogP contribution in [0.5, 0.6) is 0 Å². The van der Waals surface area contributed by atoms with Gasteiger partial charge in [-0.05, 0) is 0 Å². The van der Waals surface area contributed by atoms with E-state index in [1.54, 1.807) is 0 Å². The summed E-state index contributed by atoms with van der Waals surface area (Å²) in [5, 5.41) is 0.